The van der Waals surface area contributed by atoms with Crippen LogP contribution in [0.1, 0.15) is 47.9 Å². The maximum atomic E-state index is 14.3. The van der Waals surface area contributed by atoms with Gasteiger partial charge in [0.15, 0.2) is 0 Å². The third-order valence-electron chi connectivity index (χ3n) is 7.63. The number of aryl methyl sites for hydroxylation is 2. The van der Waals surface area contributed by atoms with Gasteiger partial charge in [-0.1, -0.05) is 90.1 Å². The van der Waals surface area contributed by atoms with E-state index in [1.54, 1.807) is 24.3 Å². The summed E-state index contributed by atoms with van der Waals surface area (Å²) in [5.74, 6) is -0.796. The Bertz CT molecular complexity index is 1530. The van der Waals surface area contributed by atoms with Crippen LogP contribution < -0.4 is 9.62 Å². The molecule has 2 amide bonds. The molecular formula is C32H37Cl2N3O4S. The van der Waals surface area contributed by atoms with E-state index in [-0.39, 0.29) is 24.9 Å². The normalized spacial score (nSPS) is 14.4. The minimum Gasteiger partial charge on any atom is -0.352 e. The number of halogens is 2. The highest BCUT2D eigenvalue weighted by molar-refractivity contribution is 7.92. The summed E-state index contributed by atoms with van der Waals surface area (Å²) < 4.78 is 27.2. The first kappa shape index (κ1) is 31.9. The monoisotopic (exact) mass is 629 g/mol. The number of benzene rings is 3. The number of sulfonamides is 1. The molecular weight excluding hydrogens is 593 g/mol. The fraction of sp³-hybridized carbons (Fsp3) is 0.375. The van der Waals surface area contributed by atoms with Crippen LogP contribution in [0.25, 0.3) is 0 Å². The molecule has 42 heavy (non-hydrogen) atoms. The number of nitrogens with zero attached hydrogens (tertiary/aromatic N) is 2. The molecule has 1 saturated carbocycles. The quantitative estimate of drug-likeness (QED) is 0.279. The van der Waals surface area contributed by atoms with Crippen LogP contribution in [-0.4, -0.2) is 50.0 Å². The predicted octanol–water partition coefficient (Wildman–Crippen LogP) is 6.08. The van der Waals surface area contributed by atoms with Crippen LogP contribution in [-0.2, 0) is 32.6 Å². The Balaban J connectivity index is 1.76. The van der Waals surface area contributed by atoms with E-state index in [0.29, 0.717) is 21.3 Å². The molecule has 1 aliphatic rings. The van der Waals surface area contributed by atoms with Gasteiger partial charge in [-0.2, -0.15) is 0 Å². The van der Waals surface area contributed by atoms with E-state index < -0.39 is 28.5 Å². The van der Waals surface area contributed by atoms with Crippen molar-refractivity contribution < 1.29 is 18.0 Å². The zero-order valence-electron chi connectivity index (χ0n) is 24.1. The Kier molecular flexibility index (Phi) is 10.6. The smallest absolute Gasteiger partial charge is 0.244 e. The zero-order chi connectivity index (χ0) is 30.4. The molecule has 1 aliphatic carbocycles. The predicted molar refractivity (Wildman–Crippen MR) is 169 cm³/mol. The van der Waals surface area contributed by atoms with E-state index in [0.717, 1.165) is 52.9 Å². The van der Waals surface area contributed by atoms with Gasteiger partial charge in [-0.25, -0.2) is 8.42 Å². The Morgan fingerprint density at radius 1 is 0.976 bits per heavy atom. The second kappa shape index (κ2) is 13.9. The molecule has 224 valence electrons. The largest absolute Gasteiger partial charge is 0.352 e. The second-order valence-corrected chi connectivity index (χ2v) is 13.8. The van der Waals surface area contributed by atoms with E-state index >= 15 is 0 Å². The van der Waals surface area contributed by atoms with E-state index in [2.05, 4.69) is 5.32 Å². The average Bonchev–Trinajstić information content (AvgIpc) is 3.43. The van der Waals surface area contributed by atoms with Crippen LogP contribution in [0.15, 0.2) is 66.7 Å². The Hall–Kier alpha value is -3.07. The molecule has 0 heterocycles. The minimum absolute atomic E-state index is 0.00506. The van der Waals surface area contributed by atoms with Gasteiger partial charge in [0, 0.05) is 29.1 Å². The van der Waals surface area contributed by atoms with Crippen molar-refractivity contribution in [3.05, 3.63) is 99.0 Å². The van der Waals surface area contributed by atoms with Crippen molar-refractivity contribution in [2.24, 2.45) is 0 Å². The summed E-state index contributed by atoms with van der Waals surface area (Å²) in [4.78, 5) is 29.7. The lowest BCUT2D eigenvalue weighted by molar-refractivity contribution is -0.140. The summed E-state index contributed by atoms with van der Waals surface area (Å²) in [5.41, 5.74) is 3.58. The van der Waals surface area contributed by atoms with Gasteiger partial charge in [0.25, 0.3) is 0 Å². The molecule has 4 rings (SSSR count). The van der Waals surface area contributed by atoms with Gasteiger partial charge >= 0.3 is 0 Å². The Labute approximate surface area is 258 Å². The Morgan fingerprint density at radius 3 is 2.29 bits per heavy atom. The van der Waals surface area contributed by atoms with Crippen molar-refractivity contribution >= 4 is 50.7 Å². The number of anilines is 1. The maximum absolute atomic E-state index is 14.3. The molecule has 3 aromatic carbocycles. The number of hydrogen-bond acceptors (Lipinski definition) is 4. The highest BCUT2D eigenvalue weighted by Crippen LogP contribution is 2.27. The number of rotatable bonds is 11. The maximum Gasteiger partial charge on any atom is 0.244 e. The summed E-state index contributed by atoms with van der Waals surface area (Å²) in [6.45, 7) is 3.25. The standard InChI is InChI=1S/C32H37Cl2N3O4S/c1-22-13-16-29(23(2)17-22)37(42(3,40)41)21-31(38)36(20-25-14-15-26(33)19-28(25)34)30(18-24-9-5-4-6-10-24)32(39)35-27-11-7-8-12-27/h4-6,9-10,13-17,19,27,30H,7-8,11-12,18,20-21H2,1-3H3,(H,35,39). The topological polar surface area (TPSA) is 86.8 Å². The molecule has 0 aliphatic heterocycles. The van der Waals surface area contributed by atoms with Crippen molar-refractivity contribution in [2.75, 3.05) is 17.1 Å². The summed E-state index contributed by atoms with van der Waals surface area (Å²) in [6, 6.07) is 19.0. The fourth-order valence-corrected chi connectivity index (χ4v) is 6.81. The lowest BCUT2D eigenvalue weighted by Crippen LogP contribution is -2.54. The molecule has 1 fully saturated rings. The molecule has 1 N–H and O–H groups in total. The van der Waals surface area contributed by atoms with Gasteiger partial charge < -0.3 is 10.2 Å². The van der Waals surface area contributed by atoms with Crippen molar-refractivity contribution in [3.8, 4) is 0 Å². The summed E-state index contributed by atoms with van der Waals surface area (Å²) in [5, 5.41) is 3.95. The lowest BCUT2D eigenvalue weighted by Gasteiger charge is -2.34. The van der Waals surface area contributed by atoms with E-state index in [1.165, 1.54) is 4.90 Å². The molecule has 1 unspecified atom stereocenters. The third kappa shape index (κ3) is 8.27. The fourth-order valence-electron chi connectivity index (χ4n) is 5.43. The van der Waals surface area contributed by atoms with E-state index in [4.69, 9.17) is 23.2 Å². The number of hydrogen-bond donors (Lipinski definition) is 1. The SMILES string of the molecule is Cc1ccc(N(CC(=O)N(Cc2ccc(Cl)cc2Cl)C(Cc2ccccc2)C(=O)NC2CCCC2)S(C)(=O)=O)c(C)c1. The summed E-state index contributed by atoms with van der Waals surface area (Å²) in [6.07, 6.45) is 5.17. The molecule has 7 nitrogen and oxygen atoms in total. The summed E-state index contributed by atoms with van der Waals surface area (Å²) >= 11 is 12.7. The number of amides is 2. The number of nitrogens with one attached hydrogen (secondary N) is 1. The van der Waals surface area contributed by atoms with Crippen LogP contribution in [0, 0.1) is 13.8 Å². The van der Waals surface area contributed by atoms with E-state index in [9.17, 15) is 18.0 Å². The molecule has 10 heteroatoms. The van der Waals surface area contributed by atoms with E-state index in [1.807, 2.05) is 56.3 Å². The van der Waals surface area contributed by atoms with Gasteiger partial charge in [0.05, 0.1) is 11.9 Å². The van der Waals surface area contributed by atoms with Crippen molar-refractivity contribution in [1.29, 1.82) is 0 Å². The number of carbonyl (C=O) groups excluding carboxylic acids is 2. The molecule has 0 saturated heterocycles. The summed E-state index contributed by atoms with van der Waals surface area (Å²) in [7, 11) is -3.85. The first-order valence-electron chi connectivity index (χ1n) is 14.0. The highest BCUT2D eigenvalue weighted by Gasteiger charge is 2.34. The molecule has 0 radical (unpaired) electrons. The zero-order valence-corrected chi connectivity index (χ0v) is 26.5. The van der Waals surface area contributed by atoms with Crippen LogP contribution in [0.3, 0.4) is 0 Å². The van der Waals surface area contributed by atoms with Crippen molar-refractivity contribution in [3.63, 3.8) is 0 Å². The molecule has 0 bridgehead atoms. The first-order valence-corrected chi connectivity index (χ1v) is 16.7. The minimum atomic E-state index is -3.85. The Morgan fingerprint density at radius 2 is 1.67 bits per heavy atom. The first-order chi connectivity index (χ1) is 19.9. The molecule has 3 aromatic rings. The molecule has 0 spiro atoms. The lowest BCUT2D eigenvalue weighted by atomic mass is 10.0. The van der Waals surface area contributed by atoms with Gasteiger partial charge in [0.2, 0.25) is 21.8 Å². The number of carbonyl (C=O) groups is 2. The van der Waals surface area contributed by atoms with Gasteiger partial charge in [-0.05, 0) is 61.6 Å². The molecule has 0 aromatic heterocycles. The van der Waals surface area contributed by atoms with Crippen LogP contribution in [0.4, 0.5) is 5.69 Å². The molecule has 1 atom stereocenters. The second-order valence-electron chi connectivity index (χ2n) is 11.0. The van der Waals surface area contributed by atoms with Gasteiger partial charge in [-0.3, -0.25) is 13.9 Å². The average molecular weight is 631 g/mol. The van der Waals surface area contributed by atoms with Crippen LogP contribution in [0.2, 0.25) is 10.0 Å². The van der Waals surface area contributed by atoms with Gasteiger partial charge in [0.1, 0.15) is 12.6 Å². The van der Waals surface area contributed by atoms with Crippen molar-refractivity contribution in [1.82, 2.24) is 10.2 Å². The van der Waals surface area contributed by atoms with Gasteiger partial charge in [-0.15, -0.1) is 0 Å². The third-order valence-corrected chi connectivity index (χ3v) is 9.34. The highest BCUT2D eigenvalue weighted by atomic mass is 35.5. The van der Waals surface area contributed by atoms with Crippen LogP contribution >= 0.6 is 23.2 Å². The van der Waals surface area contributed by atoms with Crippen molar-refractivity contribution in [2.45, 2.75) is 64.6 Å². The van der Waals surface area contributed by atoms with Crippen LogP contribution in [0.5, 0.6) is 0 Å².